The summed E-state index contributed by atoms with van der Waals surface area (Å²) in [4.78, 5) is 51.4. The maximum atomic E-state index is 14.6. The summed E-state index contributed by atoms with van der Waals surface area (Å²) < 4.78 is 29.2. The van der Waals surface area contributed by atoms with Gasteiger partial charge in [-0.1, -0.05) is 35.9 Å². The summed E-state index contributed by atoms with van der Waals surface area (Å²) in [6.45, 7) is -0.267. The SMILES string of the molecule is [B]N(Cc1ccc2c(c1)CN(C1CCC(=O)N([B])C1=O)C2=O)C(=O)C(F)(F)c1ccc(Cl)cc1. The Kier molecular flexibility index (Phi) is 6.24. The molecule has 4 rings (SSSR count). The van der Waals surface area contributed by atoms with Crippen LogP contribution in [0.25, 0.3) is 0 Å². The van der Waals surface area contributed by atoms with E-state index in [-0.39, 0.29) is 31.0 Å². The minimum Gasteiger partial charge on any atom is -0.387 e. The van der Waals surface area contributed by atoms with Crippen LogP contribution in [-0.2, 0) is 33.4 Å². The second-order valence-electron chi connectivity index (χ2n) is 8.10. The number of fused-ring (bicyclic) bond motifs is 1. The zero-order chi connectivity index (χ0) is 24.8. The predicted molar refractivity (Wildman–Crippen MR) is 119 cm³/mol. The average Bonchev–Trinajstić information content (AvgIpc) is 3.12. The third-order valence-electron chi connectivity index (χ3n) is 5.89. The van der Waals surface area contributed by atoms with E-state index in [2.05, 4.69) is 0 Å². The number of hydrogen-bond donors (Lipinski definition) is 0. The van der Waals surface area contributed by atoms with Crippen molar-refractivity contribution in [3.63, 3.8) is 0 Å². The van der Waals surface area contributed by atoms with Crippen LogP contribution in [-0.4, -0.2) is 60.2 Å². The minimum absolute atomic E-state index is 0.0321. The first-order valence-electron chi connectivity index (χ1n) is 10.3. The molecule has 34 heavy (non-hydrogen) atoms. The summed E-state index contributed by atoms with van der Waals surface area (Å²) >= 11 is 5.71. The molecule has 170 valence electrons. The van der Waals surface area contributed by atoms with E-state index in [1.165, 1.54) is 29.2 Å². The van der Waals surface area contributed by atoms with Crippen molar-refractivity contribution >= 4 is 51.2 Å². The minimum atomic E-state index is -3.87. The highest BCUT2D eigenvalue weighted by Crippen LogP contribution is 2.32. The number of rotatable bonds is 5. The molecule has 12 heteroatoms. The van der Waals surface area contributed by atoms with Crippen molar-refractivity contribution in [1.29, 1.82) is 0 Å². The summed E-state index contributed by atoms with van der Waals surface area (Å²) in [5.41, 5.74) is 0.748. The molecule has 1 atom stereocenters. The molecular weight excluding hydrogens is 465 g/mol. The second-order valence-corrected chi connectivity index (χ2v) is 8.53. The molecule has 2 aliphatic heterocycles. The van der Waals surface area contributed by atoms with Gasteiger partial charge in [-0.3, -0.25) is 19.2 Å². The lowest BCUT2D eigenvalue weighted by Gasteiger charge is -2.34. The number of imide groups is 1. The zero-order valence-corrected chi connectivity index (χ0v) is 18.5. The maximum Gasteiger partial charge on any atom is 0.348 e. The van der Waals surface area contributed by atoms with Gasteiger partial charge in [0, 0.05) is 35.7 Å². The molecule has 2 aliphatic rings. The highest BCUT2D eigenvalue weighted by molar-refractivity contribution is 6.30. The smallest absolute Gasteiger partial charge is 0.348 e. The maximum absolute atomic E-state index is 14.6. The fourth-order valence-electron chi connectivity index (χ4n) is 4.05. The lowest BCUT2D eigenvalue weighted by molar-refractivity contribution is -0.154. The van der Waals surface area contributed by atoms with E-state index in [9.17, 15) is 28.0 Å². The fraction of sp³-hybridized carbons (Fsp3) is 0.273. The van der Waals surface area contributed by atoms with Gasteiger partial charge in [-0.25, -0.2) is 0 Å². The first-order valence-corrected chi connectivity index (χ1v) is 10.6. The molecule has 2 heterocycles. The molecule has 0 aromatic heterocycles. The van der Waals surface area contributed by atoms with Gasteiger partial charge in [0.15, 0.2) is 0 Å². The Morgan fingerprint density at radius 1 is 1.15 bits per heavy atom. The van der Waals surface area contributed by atoms with E-state index in [4.69, 9.17) is 27.6 Å². The van der Waals surface area contributed by atoms with Gasteiger partial charge in [-0.05, 0) is 35.7 Å². The van der Waals surface area contributed by atoms with Crippen molar-refractivity contribution in [2.45, 2.75) is 37.9 Å². The highest BCUT2D eigenvalue weighted by atomic mass is 35.5. The van der Waals surface area contributed by atoms with Crippen LogP contribution in [0.1, 0.15) is 39.9 Å². The summed E-state index contributed by atoms with van der Waals surface area (Å²) in [5.74, 6) is -7.06. The number of alkyl halides is 2. The largest absolute Gasteiger partial charge is 0.387 e. The van der Waals surface area contributed by atoms with Gasteiger partial charge in [-0.15, -0.1) is 0 Å². The van der Waals surface area contributed by atoms with E-state index in [0.717, 1.165) is 12.1 Å². The Labute approximate surface area is 201 Å². The van der Waals surface area contributed by atoms with Crippen molar-refractivity contribution in [1.82, 2.24) is 14.5 Å². The molecular formula is C22H16B2ClF2N3O4. The Hall–Kier alpha value is -3.20. The Morgan fingerprint density at radius 3 is 2.50 bits per heavy atom. The lowest BCUT2D eigenvalue weighted by Crippen LogP contribution is -2.53. The fourth-order valence-corrected chi connectivity index (χ4v) is 4.18. The molecule has 1 fully saturated rings. The van der Waals surface area contributed by atoms with Crippen molar-refractivity contribution < 1.29 is 28.0 Å². The number of benzene rings is 2. The van der Waals surface area contributed by atoms with Crippen LogP contribution in [0, 0.1) is 0 Å². The van der Waals surface area contributed by atoms with Gasteiger partial charge in [0.25, 0.3) is 11.8 Å². The number of piperidine rings is 1. The number of hydrogen-bond acceptors (Lipinski definition) is 4. The monoisotopic (exact) mass is 481 g/mol. The topological polar surface area (TPSA) is 78.0 Å². The van der Waals surface area contributed by atoms with Crippen LogP contribution in [0.2, 0.25) is 5.02 Å². The predicted octanol–water partition coefficient (Wildman–Crippen LogP) is 2.10. The number of nitrogens with zero attached hydrogens (tertiary/aromatic N) is 3. The van der Waals surface area contributed by atoms with Crippen LogP contribution < -0.4 is 0 Å². The van der Waals surface area contributed by atoms with Crippen molar-refractivity contribution in [2.24, 2.45) is 0 Å². The normalized spacial score (nSPS) is 18.3. The molecule has 7 nitrogen and oxygen atoms in total. The first kappa shape index (κ1) is 23.9. The number of halogens is 3. The van der Waals surface area contributed by atoms with E-state index in [1.807, 2.05) is 0 Å². The second kappa shape index (κ2) is 8.87. The van der Waals surface area contributed by atoms with E-state index >= 15 is 0 Å². The first-order chi connectivity index (χ1) is 16.0. The van der Waals surface area contributed by atoms with Crippen LogP contribution in [0.3, 0.4) is 0 Å². The van der Waals surface area contributed by atoms with Gasteiger partial charge in [0.2, 0.25) is 27.8 Å². The summed E-state index contributed by atoms with van der Waals surface area (Å²) in [5, 5.41) is 0.249. The van der Waals surface area contributed by atoms with Crippen LogP contribution >= 0.6 is 11.6 Å². The Morgan fingerprint density at radius 2 is 1.82 bits per heavy atom. The van der Waals surface area contributed by atoms with Gasteiger partial charge in [0.05, 0.1) is 0 Å². The van der Waals surface area contributed by atoms with Crippen LogP contribution in [0.15, 0.2) is 42.5 Å². The number of carbonyl (C=O) groups excluding carboxylic acids is 4. The standard InChI is InChI=1S/C22H16B2ClF2N3O4/c23-29(21(34)22(26,27)14-2-4-15(25)5-3-14)10-12-1-6-16-13(9-12)11-28(19(16)32)17-7-8-18(31)30(24)20(17)33/h1-6,9,17H,7-8,10-11H2. The van der Waals surface area contributed by atoms with E-state index in [0.29, 0.717) is 26.3 Å². The van der Waals surface area contributed by atoms with Gasteiger partial charge in [0.1, 0.15) is 6.04 Å². The molecule has 0 spiro atoms. The number of amides is 4. The highest BCUT2D eigenvalue weighted by Gasteiger charge is 2.43. The van der Waals surface area contributed by atoms with Gasteiger partial charge in [-0.2, -0.15) is 8.78 Å². The molecule has 0 bridgehead atoms. The third-order valence-corrected chi connectivity index (χ3v) is 6.14. The van der Waals surface area contributed by atoms with Crippen LogP contribution in [0.5, 0.6) is 0 Å². The van der Waals surface area contributed by atoms with E-state index < -0.39 is 41.2 Å². The quantitative estimate of drug-likeness (QED) is 0.484. The van der Waals surface area contributed by atoms with Gasteiger partial charge < -0.3 is 14.5 Å². The molecule has 4 amide bonds. The van der Waals surface area contributed by atoms with Crippen molar-refractivity contribution in [2.75, 3.05) is 0 Å². The van der Waals surface area contributed by atoms with Crippen molar-refractivity contribution in [3.05, 3.63) is 69.7 Å². The Bertz CT molecular complexity index is 1200. The molecule has 0 N–H and O–H groups in total. The van der Waals surface area contributed by atoms with Crippen molar-refractivity contribution in [3.8, 4) is 0 Å². The summed E-state index contributed by atoms with van der Waals surface area (Å²) in [6, 6.07) is 8.27. The molecule has 1 unspecified atom stereocenters. The molecule has 0 aliphatic carbocycles. The average molecular weight is 481 g/mol. The van der Waals surface area contributed by atoms with Gasteiger partial charge >= 0.3 is 5.92 Å². The Balaban J connectivity index is 1.48. The summed E-state index contributed by atoms with van der Waals surface area (Å²) in [7, 11) is 11.2. The summed E-state index contributed by atoms with van der Waals surface area (Å²) in [6.07, 6.45) is 0.188. The van der Waals surface area contributed by atoms with E-state index in [1.54, 1.807) is 6.07 Å². The lowest BCUT2D eigenvalue weighted by atomic mass is 9.99. The molecule has 2 aromatic carbocycles. The molecule has 1 saturated heterocycles. The van der Waals surface area contributed by atoms with Crippen LogP contribution in [0.4, 0.5) is 8.78 Å². The number of carbonyl (C=O) groups is 4. The third kappa shape index (κ3) is 4.20. The molecule has 0 saturated carbocycles. The molecule has 4 radical (unpaired) electrons. The molecule has 2 aromatic rings. The zero-order valence-electron chi connectivity index (χ0n) is 17.7.